The smallest absolute Gasteiger partial charge is 0.272 e. The number of H-pyrrole nitrogens is 2. The molecule has 0 bridgehead atoms. The van der Waals surface area contributed by atoms with Crippen molar-refractivity contribution >= 4 is 140 Å². The van der Waals surface area contributed by atoms with Crippen molar-refractivity contribution in [3.63, 3.8) is 0 Å². The van der Waals surface area contributed by atoms with Gasteiger partial charge in [-0.1, -0.05) is 120 Å². The molecule has 0 saturated carbocycles. The number of hydrogen-bond acceptors (Lipinski definition) is 22. The Balaban J connectivity index is 1.11. The van der Waals surface area contributed by atoms with Crippen molar-refractivity contribution in [2.45, 2.75) is 235 Å². The van der Waals surface area contributed by atoms with Crippen LogP contribution in [-0.2, 0) is 101 Å². The van der Waals surface area contributed by atoms with Crippen LogP contribution in [0.25, 0.3) is 21.8 Å². The number of aryl methyl sites for hydroxylation is 1. The molecule has 4 aliphatic rings. The first kappa shape index (κ1) is 103. The highest BCUT2D eigenvalue weighted by molar-refractivity contribution is 8.00. The molecule has 2 aromatic heterocycles. The molecule has 43 heteroatoms. The lowest BCUT2D eigenvalue weighted by atomic mass is 10.00. The van der Waals surface area contributed by atoms with Crippen molar-refractivity contribution < 1.29 is 91.7 Å². The molecular weight excluding hydrogens is 1730 g/mol. The summed E-state index contributed by atoms with van der Waals surface area (Å²) in [5.41, 5.74) is 24.6. The van der Waals surface area contributed by atoms with E-state index >= 15 is 33.6 Å². The molecule has 0 aliphatic carbocycles. The fraction of sp³-hybridized carbons (Fsp3) is 0.551. The summed E-state index contributed by atoms with van der Waals surface area (Å²) in [6.45, 7) is 7.23. The summed E-state index contributed by atoms with van der Waals surface area (Å²) in [4.78, 5) is 263. The largest absolute Gasteiger partial charge is 0.394 e. The molecule has 6 heterocycles. The number of nitrogens with one attached hydrogen (secondary N) is 13. The normalized spacial score (nSPS) is 25.9. The van der Waals surface area contributed by atoms with E-state index in [-0.39, 0.29) is 83.2 Å². The average molecular weight is 1860 g/mol. The fourth-order valence-corrected chi connectivity index (χ4v) is 17.9. The number of benzene rings is 3. The Hall–Kier alpha value is -12.8. The van der Waals surface area contributed by atoms with Gasteiger partial charge < -0.3 is 121 Å². The molecule has 3 aromatic carbocycles. The molecule has 1 spiro atoms. The predicted octanol–water partition coefficient (Wildman–Crippen LogP) is -3.28. The molecule has 4 aliphatic heterocycles. The van der Waals surface area contributed by atoms with Crippen molar-refractivity contribution in [3.05, 3.63) is 107 Å². The summed E-state index contributed by atoms with van der Waals surface area (Å²) in [6.07, 6.45) is 1.30. The van der Waals surface area contributed by atoms with E-state index in [0.717, 1.165) is 46.7 Å². The molecule has 5 aromatic rings. The Morgan fingerprint density at radius 2 is 1.14 bits per heavy atom. The van der Waals surface area contributed by atoms with Gasteiger partial charge in [0, 0.05) is 113 Å². The minimum atomic E-state index is -2.09. The van der Waals surface area contributed by atoms with Gasteiger partial charge in [-0.15, -0.1) is 11.8 Å². The zero-order valence-corrected chi connectivity index (χ0v) is 76.8. The highest BCUT2D eigenvalue weighted by Gasteiger charge is 2.74. The van der Waals surface area contributed by atoms with Gasteiger partial charge >= 0.3 is 0 Å². The molecule has 718 valence electrons. The Morgan fingerprint density at radius 1 is 0.583 bits per heavy atom. The summed E-state index contributed by atoms with van der Waals surface area (Å²) in [5.74, 6) is -17.6. The molecule has 0 unspecified atom stereocenters. The highest BCUT2D eigenvalue weighted by Crippen LogP contribution is 2.49. The maximum atomic E-state index is 15.8. The quantitative estimate of drug-likeness (QED) is 0.0118. The average Bonchev–Trinajstić information content (AvgIpc) is 1.51. The van der Waals surface area contributed by atoms with Gasteiger partial charge in [0.2, 0.25) is 100 Å². The maximum absolute atomic E-state index is 15.8. The lowest BCUT2D eigenvalue weighted by molar-refractivity contribution is -0.149. The number of aliphatic hydroxyl groups is 2. The second-order valence-corrected chi connectivity index (χ2v) is 35.6. The molecule has 9 rings (SSSR count). The van der Waals surface area contributed by atoms with Crippen molar-refractivity contribution in [2.24, 2.45) is 28.9 Å². The van der Waals surface area contributed by atoms with Crippen LogP contribution in [0, 0.1) is 18.3 Å². The summed E-state index contributed by atoms with van der Waals surface area (Å²) in [7, 11) is 3.95. The third kappa shape index (κ3) is 26.1. The third-order valence-electron chi connectivity index (χ3n) is 24.4. The number of rotatable bonds is 25. The van der Waals surface area contributed by atoms with Gasteiger partial charge in [0.25, 0.3) is 5.91 Å². The first-order valence-corrected chi connectivity index (χ1v) is 45.7. The van der Waals surface area contributed by atoms with E-state index in [1.54, 1.807) is 99.0 Å². The van der Waals surface area contributed by atoms with Crippen LogP contribution in [0.15, 0.2) is 85.2 Å². The van der Waals surface area contributed by atoms with E-state index in [9.17, 15) is 58.2 Å². The first-order chi connectivity index (χ1) is 62.8. The third-order valence-corrected chi connectivity index (χ3v) is 25.4. The van der Waals surface area contributed by atoms with Gasteiger partial charge in [-0.3, -0.25) is 91.8 Å². The number of hydrogen-bond donors (Lipinski definition) is 19. The summed E-state index contributed by atoms with van der Waals surface area (Å²) in [5, 5.41) is 58.4. The number of guanidine groups is 1. The van der Waals surface area contributed by atoms with E-state index in [0.29, 0.717) is 64.2 Å². The number of para-hydroxylation sites is 2. The SMILES string of the molecule is CCCC[C@H]1C(=O)N(C)[C@@H](CCCC)C(=O)N[C@@H](CCCNC(=N)N)C(=O)N[C@H](C(=O)NCC(N)=O)CSCC(=O)N[C@@H](Cc2ccc(C)cc2)C(=O)N(C)[C@@H](C)C(=O)N[C@@H](CC(N)=O)C(=O)N2CCC[C@H]2C(=O)N[C@@H](CN)C(=O)N[C@@H](CC(C)C)C(=O)N2C[C@H](O)C[C@@]23C(=O)N3[C@@H](Cc2c[nH]c3ccccc23)C(=O)N[C@@H](CO)C(=O)N[C@@H](Cc2c[nH]c3ccccc23)C(=O)N1C. The van der Waals surface area contributed by atoms with Gasteiger partial charge in [0.1, 0.15) is 78.5 Å². The molecule has 17 amide bonds. The Labute approximate surface area is 768 Å². The number of carbonyl (C=O) groups excluding carboxylic acids is 17. The van der Waals surface area contributed by atoms with Crippen LogP contribution in [0.3, 0.4) is 0 Å². The maximum Gasteiger partial charge on any atom is 0.272 e. The zero-order valence-electron chi connectivity index (χ0n) is 75.9. The summed E-state index contributed by atoms with van der Waals surface area (Å²) >= 11 is 0.793. The number of carbonyl (C=O) groups is 17. The minimum Gasteiger partial charge on any atom is -0.394 e. The van der Waals surface area contributed by atoms with E-state index in [1.165, 1.54) is 28.1 Å². The number of primary amides is 2. The van der Waals surface area contributed by atoms with E-state index < -0.39 is 247 Å². The van der Waals surface area contributed by atoms with E-state index in [4.69, 9.17) is 28.3 Å². The molecule has 23 N–H and O–H groups in total. The van der Waals surface area contributed by atoms with Crippen LogP contribution in [0.1, 0.15) is 140 Å². The lowest BCUT2D eigenvalue weighted by Gasteiger charge is -2.36. The predicted molar refractivity (Wildman–Crippen MR) is 487 cm³/mol. The second kappa shape index (κ2) is 47.4. The fourth-order valence-electron chi connectivity index (χ4n) is 17.0. The van der Waals surface area contributed by atoms with Crippen molar-refractivity contribution in [1.29, 1.82) is 5.41 Å². The molecule has 4 fully saturated rings. The van der Waals surface area contributed by atoms with Crippen LogP contribution < -0.4 is 76.1 Å². The number of likely N-dealkylation sites (N-methyl/N-ethyl adjacent to an activating group) is 3. The summed E-state index contributed by atoms with van der Waals surface area (Å²) < 4.78 is 0. The number of fused-ring (bicyclic) bond motifs is 3. The van der Waals surface area contributed by atoms with Gasteiger partial charge in [-0.25, -0.2) is 0 Å². The van der Waals surface area contributed by atoms with Crippen LogP contribution in [0.5, 0.6) is 0 Å². The number of aromatic amines is 2. The number of thioether (sulfide) groups is 1. The number of aliphatic hydroxyl groups excluding tert-OH is 2. The Bertz CT molecular complexity index is 5050. The topological polar surface area (TPSA) is 630 Å². The van der Waals surface area contributed by atoms with Crippen LogP contribution >= 0.6 is 11.8 Å². The Kier molecular flexibility index (Phi) is 36.9. The Morgan fingerprint density at radius 3 is 1.74 bits per heavy atom. The van der Waals surface area contributed by atoms with Crippen LogP contribution in [0.4, 0.5) is 0 Å². The van der Waals surface area contributed by atoms with E-state index in [2.05, 4.69) is 63.1 Å². The molecule has 132 heavy (non-hydrogen) atoms. The minimum absolute atomic E-state index is 0.00367. The number of unbranched alkanes of at least 4 members (excludes halogenated alkanes) is 2. The van der Waals surface area contributed by atoms with Crippen LogP contribution in [0.2, 0.25) is 0 Å². The van der Waals surface area contributed by atoms with E-state index in [1.807, 2.05) is 20.8 Å². The van der Waals surface area contributed by atoms with Crippen LogP contribution in [-0.4, -0.2) is 318 Å². The monoisotopic (exact) mass is 1850 g/mol. The van der Waals surface area contributed by atoms with Crippen molar-refractivity contribution in [1.82, 2.24) is 92.5 Å². The lowest BCUT2D eigenvalue weighted by Crippen LogP contribution is -2.61. The highest BCUT2D eigenvalue weighted by atomic mass is 32.2. The molecule has 4 saturated heterocycles. The number of nitrogens with two attached hydrogens (primary N) is 4. The molecule has 42 nitrogen and oxygen atoms in total. The van der Waals surface area contributed by atoms with Crippen molar-refractivity contribution in [3.8, 4) is 0 Å². The number of aromatic nitrogens is 2. The summed E-state index contributed by atoms with van der Waals surface area (Å²) in [6, 6.07) is 0.751. The van der Waals surface area contributed by atoms with Gasteiger partial charge in [-0.2, -0.15) is 0 Å². The van der Waals surface area contributed by atoms with Gasteiger partial charge in [-0.05, 0) is 93.5 Å². The number of nitrogens with zero attached hydrogens (tertiary/aromatic N) is 6. The zero-order chi connectivity index (χ0) is 96.7. The molecule has 0 radical (unpaired) electrons. The van der Waals surface area contributed by atoms with Crippen molar-refractivity contribution in [2.75, 3.05) is 72.0 Å². The number of amides is 17. The van der Waals surface area contributed by atoms with Gasteiger partial charge in [0.15, 0.2) is 5.96 Å². The standard InChI is InChI=1S/C89H127N23O19S/c1-10-12-25-67-79(123)100-59(24-18-32-95-88(93)94)76(120)106-66(75(119)98-43-72(92)116)46-132-47-73(117)99-61(35-51-30-28-49(5)29-31-51)82(126)107(7)50(6)74(118)101-63(38-71(91)115)84(128)110-33-19-27-68(110)80(124)104-64(40-90)77(121)102-60(34-48(3)4)85(129)111-44-54(114)39-89(111)87(131)112(89)70(37-53-42-97-58-23-17-15-21-56(53)58)81(125)105-65(45-113)78(122)103-62(36-52-41-96-57-22-16-14-20-55(52)57)83(127)109(9)69(26-13-11-2)86(130)108(67)8/h14-17,20-23,28-31,41-42,48,50,54,59-70,96-97,113-114H,10-13,18-19,24-27,32-40,43-47,90H2,1-9H3,(H2,91,115)(H2,92,116)(H,98,119)(H,99,117)(H,100,123)(H,101,118)(H,102,121)(H,103,122)(H,104,124)(H,105,125)(H,106,120)(H4,93,94,95)/t50-,54+,59-,60-,61-,62-,63-,64-,65-,66-,67-,68-,69-,70-,89+,112?/m0/s1. The first-order valence-electron chi connectivity index (χ1n) is 44.6. The molecule has 15 atom stereocenters. The van der Waals surface area contributed by atoms with Gasteiger partial charge in [0.05, 0.1) is 31.4 Å². The second-order valence-electron chi connectivity index (χ2n) is 34.6. The molecular formula is C89H127N23O19S.